The van der Waals surface area contributed by atoms with Gasteiger partial charge in [0.25, 0.3) is 15.6 Å². The van der Waals surface area contributed by atoms with Gasteiger partial charge in [0.05, 0.1) is 7.11 Å². The molecule has 160 valence electrons. The van der Waals surface area contributed by atoms with Gasteiger partial charge >= 0.3 is 5.97 Å². The summed E-state index contributed by atoms with van der Waals surface area (Å²) in [6, 6.07) is 12.0. The van der Waals surface area contributed by atoms with Gasteiger partial charge in [0.2, 0.25) is 0 Å². The van der Waals surface area contributed by atoms with Crippen LogP contribution in [0, 0.1) is 6.92 Å². The highest BCUT2D eigenvalue weighted by atomic mass is 32.2. The Bertz CT molecular complexity index is 1330. The van der Waals surface area contributed by atoms with Gasteiger partial charge in [0, 0.05) is 29.1 Å². The van der Waals surface area contributed by atoms with Crippen molar-refractivity contribution in [3.05, 3.63) is 76.2 Å². The second-order valence-electron chi connectivity index (χ2n) is 6.50. The first kappa shape index (κ1) is 21.8. The van der Waals surface area contributed by atoms with E-state index in [-0.39, 0.29) is 21.9 Å². The second-order valence-corrected chi connectivity index (χ2v) is 8.15. The van der Waals surface area contributed by atoms with E-state index in [1.165, 1.54) is 43.5 Å². The number of aromatic nitrogens is 2. The number of carbonyl (C=O) groups is 1. The predicted octanol–water partition coefficient (Wildman–Crippen LogP) is 2.65. The molecule has 0 saturated heterocycles. The number of hydrogen-bond donors (Lipinski definition) is 3. The summed E-state index contributed by atoms with van der Waals surface area (Å²) in [6.45, 7) is 1.68. The lowest BCUT2D eigenvalue weighted by Gasteiger charge is -2.13. The Morgan fingerprint density at radius 3 is 2.65 bits per heavy atom. The Labute approximate surface area is 178 Å². The van der Waals surface area contributed by atoms with Crippen molar-refractivity contribution in [2.75, 3.05) is 11.8 Å². The number of hydrogen-bond acceptors (Lipinski definition) is 6. The van der Waals surface area contributed by atoms with E-state index in [9.17, 15) is 18.0 Å². The van der Waals surface area contributed by atoms with Crippen LogP contribution in [0.4, 0.5) is 5.69 Å². The van der Waals surface area contributed by atoms with E-state index < -0.39 is 16.0 Å². The number of rotatable bonds is 7. The highest BCUT2D eigenvalue weighted by molar-refractivity contribution is 7.92. The Morgan fingerprint density at radius 1 is 1.19 bits per heavy atom. The molecule has 3 N–H and O–H groups in total. The lowest BCUT2D eigenvalue weighted by molar-refractivity contribution is -0.131. The second kappa shape index (κ2) is 8.84. The maximum atomic E-state index is 13.0. The molecule has 1 heterocycles. The minimum absolute atomic E-state index is 0.0980. The fourth-order valence-corrected chi connectivity index (χ4v) is 4.09. The van der Waals surface area contributed by atoms with E-state index in [0.717, 1.165) is 6.08 Å². The molecule has 0 saturated carbocycles. The Morgan fingerprint density at radius 2 is 1.97 bits per heavy atom. The zero-order chi connectivity index (χ0) is 22.6. The highest BCUT2D eigenvalue weighted by Gasteiger charge is 2.20. The number of nitrogens with zero attached hydrogens (tertiary/aromatic N) is 1. The molecule has 0 radical (unpaired) electrons. The minimum atomic E-state index is -4.08. The summed E-state index contributed by atoms with van der Waals surface area (Å²) >= 11 is 0. The topological polar surface area (TPSA) is 138 Å². The predicted molar refractivity (Wildman–Crippen MR) is 116 cm³/mol. The normalized spacial score (nSPS) is 11.4. The van der Waals surface area contributed by atoms with Crippen molar-refractivity contribution in [3.63, 3.8) is 0 Å². The van der Waals surface area contributed by atoms with Crippen molar-refractivity contribution in [2.24, 2.45) is 0 Å². The summed E-state index contributed by atoms with van der Waals surface area (Å²) in [5.41, 5.74) is 1.35. The third-order valence-corrected chi connectivity index (χ3v) is 5.56. The van der Waals surface area contributed by atoms with Crippen LogP contribution in [0.3, 0.4) is 0 Å². The van der Waals surface area contributed by atoms with Crippen LogP contribution in [0.15, 0.2) is 64.3 Å². The van der Waals surface area contributed by atoms with Gasteiger partial charge < -0.3 is 14.8 Å². The zero-order valence-corrected chi connectivity index (χ0v) is 17.4. The SMILES string of the molecule is COc1ccc(/C=C/C(=O)O)cc1S(=O)(=O)Nc1cccc(-c2nc(C)cc(=O)[nH]2)c1. The van der Waals surface area contributed by atoms with Gasteiger partial charge in [-0.05, 0) is 42.8 Å². The summed E-state index contributed by atoms with van der Waals surface area (Å²) in [5, 5.41) is 8.78. The summed E-state index contributed by atoms with van der Waals surface area (Å²) < 4.78 is 33.7. The number of benzene rings is 2. The van der Waals surface area contributed by atoms with Gasteiger partial charge in [-0.3, -0.25) is 9.52 Å². The van der Waals surface area contributed by atoms with Gasteiger partial charge in [0.1, 0.15) is 16.5 Å². The Kier molecular flexibility index (Phi) is 6.21. The molecule has 3 aromatic rings. The van der Waals surface area contributed by atoms with E-state index in [1.54, 1.807) is 25.1 Å². The molecular weight excluding hydrogens is 422 g/mol. The number of aromatic amines is 1. The van der Waals surface area contributed by atoms with E-state index in [4.69, 9.17) is 9.84 Å². The van der Waals surface area contributed by atoms with Crippen LogP contribution < -0.4 is 15.0 Å². The monoisotopic (exact) mass is 441 g/mol. The molecule has 1 aromatic heterocycles. The highest BCUT2D eigenvalue weighted by Crippen LogP contribution is 2.28. The molecule has 0 aliphatic carbocycles. The van der Waals surface area contributed by atoms with Crippen molar-refractivity contribution in [1.29, 1.82) is 0 Å². The van der Waals surface area contributed by atoms with E-state index in [2.05, 4.69) is 14.7 Å². The molecule has 0 aliphatic rings. The van der Waals surface area contributed by atoms with Crippen molar-refractivity contribution >= 4 is 27.8 Å². The third kappa shape index (κ3) is 5.37. The number of methoxy groups -OCH3 is 1. The molecule has 0 bridgehead atoms. The third-order valence-electron chi connectivity index (χ3n) is 4.15. The molecule has 0 amide bonds. The first-order valence-corrected chi connectivity index (χ1v) is 10.5. The van der Waals surface area contributed by atoms with Crippen LogP contribution in [0.2, 0.25) is 0 Å². The Hall–Kier alpha value is -3.92. The maximum absolute atomic E-state index is 13.0. The van der Waals surface area contributed by atoms with Crippen molar-refractivity contribution < 1.29 is 23.1 Å². The maximum Gasteiger partial charge on any atom is 0.328 e. The average molecular weight is 441 g/mol. The molecule has 9 nitrogen and oxygen atoms in total. The molecule has 0 spiro atoms. The molecule has 0 aliphatic heterocycles. The van der Waals surface area contributed by atoms with Crippen LogP contribution >= 0.6 is 0 Å². The van der Waals surface area contributed by atoms with Crippen LogP contribution in [0.1, 0.15) is 11.3 Å². The minimum Gasteiger partial charge on any atom is -0.495 e. The van der Waals surface area contributed by atoms with E-state index in [1.807, 2.05) is 0 Å². The summed E-state index contributed by atoms with van der Waals surface area (Å²) in [7, 11) is -2.75. The molecule has 0 atom stereocenters. The molecule has 0 fully saturated rings. The van der Waals surface area contributed by atoms with Gasteiger partial charge in [-0.2, -0.15) is 0 Å². The van der Waals surface area contributed by atoms with E-state index in [0.29, 0.717) is 22.6 Å². The molecule has 0 unspecified atom stereocenters. The number of anilines is 1. The van der Waals surface area contributed by atoms with Gasteiger partial charge in [0.15, 0.2) is 0 Å². The van der Waals surface area contributed by atoms with Crippen LogP contribution in [0.5, 0.6) is 5.75 Å². The van der Waals surface area contributed by atoms with Crippen molar-refractivity contribution in [1.82, 2.24) is 9.97 Å². The zero-order valence-electron chi connectivity index (χ0n) is 16.6. The summed E-state index contributed by atoms with van der Waals surface area (Å²) in [6.07, 6.45) is 2.19. The molecule has 3 rings (SSSR count). The lowest BCUT2D eigenvalue weighted by atomic mass is 10.2. The van der Waals surface area contributed by atoms with Gasteiger partial charge in [-0.25, -0.2) is 18.2 Å². The smallest absolute Gasteiger partial charge is 0.328 e. The summed E-state index contributed by atoms with van der Waals surface area (Å²) in [4.78, 5) is 29.2. The molecular formula is C21H19N3O6S. The number of carboxylic acid groups (broad SMARTS) is 1. The van der Waals surface area contributed by atoms with E-state index >= 15 is 0 Å². The first-order valence-electron chi connectivity index (χ1n) is 8.98. The fourth-order valence-electron chi connectivity index (χ4n) is 2.83. The number of ether oxygens (including phenoxy) is 1. The van der Waals surface area contributed by atoms with Crippen LogP contribution in [-0.2, 0) is 14.8 Å². The number of sulfonamides is 1. The molecule has 31 heavy (non-hydrogen) atoms. The largest absolute Gasteiger partial charge is 0.495 e. The van der Waals surface area contributed by atoms with Gasteiger partial charge in [-0.15, -0.1) is 0 Å². The van der Waals surface area contributed by atoms with Crippen molar-refractivity contribution in [3.8, 4) is 17.1 Å². The standard InChI is InChI=1S/C21H19N3O6S/c1-13-10-19(25)23-21(22-13)15-4-3-5-16(12-15)24-31(28,29)18-11-14(7-9-20(26)27)6-8-17(18)30-2/h3-12,24H,1-2H3,(H,26,27)(H,22,23,25)/b9-7+. The Balaban J connectivity index is 1.98. The quantitative estimate of drug-likeness (QED) is 0.479. The number of aliphatic carboxylic acids is 1. The average Bonchev–Trinajstić information content (AvgIpc) is 2.71. The molecule has 2 aromatic carbocycles. The number of aryl methyl sites for hydroxylation is 1. The number of nitrogens with one attached hydrogen (secondary N) is 2. The molecule has 10 heteroatoms. The van der Waals surface area contributed by atoms with Crippen LogP contribution in [0.25, 0.3) is 17.5 Å². The van der Waals surface area contributed by atoms with Crippen LogP contribution in [-0.4, -0.2) is 36.6 Å². The summed E-state index contributed by atoms with van der Waals surface area (Å²) in [5.74, 6) is -0.747. The first-order chi connectivity index (χ1) is 14.7. The van der Waals surface area contributed by atoms with Gasteiger partial charge in [-0.1, -0.05) is 18.2 Å². The fraction of sp³-hybridized carbons (Fsp3) is 0.0952. The van der Waals surface area contributed by atoms with Crippen molar-refractivity contribution in [2.45, 2.75) is 11.8 Å². The lowest BCUT2D eigenvalue weighted by Crippen LogP contribution is -2.14. The number of carboxylic acids is 1. The number of H-pyrrole nitrogens is 1.